The van der Waals surface area contributed by atoms with E-state index in [0.717, 1.165) is 11.5 Å². The van der Waals surface area contributed by atoms with Crippen LogP contribution in [0.4, 0.5) is 0 Å². The van der Waals surface area contributed by atoms with Gasteiger partial charge in [-0.25, -0.2) is 0 Å². The molecule has 1 unspecified atom stereocenters. The van der Waals surface area contributed by atoms with Gasteiger partial charge in [0.15, 0.2) is 0 Å². The molecule has 34 heavy (non-hydrogen) atoms. The van der Waals surface area contributed by atoms with Crippen LogP contribution in [0.2, 0.25) is 0 Å². The molecule has 5 aromatic carbocycles. The Bertz CT molecular complexity index is 1220. The van der Waals surface area contributed by atoms with Crippen LogP contribution in [-0.4, -0.2) is 0 Å². The van der Waals surface area contributed by atoms with Gasteiger partial charge in [0.05, 0.1) is 0 Å². The molecular formula is C32H29OP. The summed E-state index contributed by atoms with van der Waals surface area (Å²) in [6.07, 6.45) is 0. The van der Waals surface area contributed by atoms with Gasteiger partial charge >= 0.3 is 203 Å². The Hall–Kier alpha value is -3.67. The molecule has 0 fully saturated rings. The fourth-order valence-corrected chi connectivity index (χ4v) is 10.4. The zero-order valence-corrected chi connectivity index (χ0v) is 20.3. The van der Waals surface area contributed by atoms with Crippen molar-refractivity contribution >= 4 is 23.2 Å². The van der Waals surface area contributed by atoms with Gasteiger partial charge < -0.3 is 0 Å². The van der Waals surface area contributed by atoms with Gasteiger partial charge in [-0.2, -0.15) is 0 Å². The van der Waals surface area contributed by atoms with E-state index in [0.29, 0.717) is 0 Å². The number of ether oxygens (including phenoxy) is 1. The zero-order valence-electron chi connectivity index (χ0n) is 19.3. The van der Waals surface area contributed by atoms with Crippen molar-refractivity contribution in [3.8, 4) is 11.5 Å². The molecule has 0 aliphatic heterocycles. The molecule has 0 spiro atoms. The monoisotopic (exact) mass is 460 g/mol. The number of rotatable bonds is 7. The molecule has 0 amide bonds. The van der Waals surface area contributed by atoms with Crippen molar-refractivity contribution in [2.24, 2.45) is 0 Å². The number of hydrogen-bond donors (Lipinski definition) is 0. The van der Waals surface area contributed by atoms with Crippen molar-refractivity contribution in [1.29, 1.82) is 0 Å². The van der Waals surface area contributed by atoms with E-state index in [1.54, 1.807) is 0 Å². The fourth-order valence-electron chi connectivity index (χ4n) is 5.08. The van der Waals surface area contributed by atoms with E-state index in [1.165, 1.54) is 21.5 Å². The molecule has 0 bridgehead atoms. The minimum atomic E-state index is -2.44. The van der Waals surface area contributed by atoms with Crippen molar-refractivity contribution in [3.63, 3.8) is 0 Å². The normalized spacial score (nSPS) is 12.6. The van der Waals surface area contributed by atoms with Crippen molar-refractivity contribution in [1.82, 2.24) is 0 Å². The van der Waals surface area contributed by atoms with Crippen LogP contribution in [0.25, 0.3) is 0 Å². The molecule has 0 radical (unpaired) electrons. The average molecular weight is 461 g/mol. The van der Waals surface area contributed by atoms with Gasteiger partial charge in [-0.1, -0.05) is 0 Å². The van der Waals surface area contributed by atoms with Crippen molar-refractivity contribution in [3.05, 3.63) is 151 Å². The molecule has 0 aromatic heterocycles. The Balaban J connectivity index is 1.69. The summed E-state index contributed by atoms with van der Waals surface area (Å²) >= 11 is 0. The van der Waals surface area contributed by atoms with Crippen molar-refractivity contribution in [2.75, 3.05) is 0 Å². The summed E-state index contributed by atoms with van der Waals surface area (Å²) in [5.74, 6) is 1.72. The van der Waals surface area contributed by atoms with Gasteiger partial charge in [0, 0.05) is 0 Å². The van der Waals surface area contributed by atoms with Crippen molar-refractivity contribution in [2.45, 2.75) is 12.6 Å². The molecule has 0 saturated heterocycles. The summed E-state index contributed by atoms with van der Waals surface area (Å²) in [4.78, 5) is 0. The first-order valence-electron chi connectivity index (χ1n) is 11.8. The van der Waals surface area contributed by atoms with E-state index in [2.05, 4.69) is 116 Å². The topological polar surface area (TPSA) is 9.23 Å². The molecule has 0 N–H and O–H groups in total. The molecule has 0 aliphatic carbocycles. The van der Waals surface area contributed by atoms with Crippen LogP contribution in [-0.2, 0) is 0 Å². The van der Waals surface area contributed by atoms with Gasteiger partial charge in [-0.15, -0.1) is 0 Å². The van der Waals surface area contributed by atoms with E-state index in [-0.39, 0.29) is 5.66 Å². The Morgan fingerprint density at radius 3 is 1.35 bits per heavy atom. The van der Waals surface area contributed by atoms with E-state index in [9.17, 15) is 0 Å². The molecule has 168 valence electrons. The number of benzene rings is 5. The minimum absolute atomic E-state index is 0.277. The van der Waals surface area contributed by atoms with Crippen LogP contribution in [0, 0.1) is 0 Å². The van der Waals surface area contributed by atoms with Gasteiger partial charge in [-0.3, -0.25) is 0 Å². The molecule has 5 rings (SSSR count). The van der Waals surface area contributed by atoms with E-state index in [4.69, 9.17) is 4.74 Å². The third-order valence-electron chi connectivity index (χ3n) is 6.67. The molecule has 2 heteroatoms. The average Bonchev–Trinajstić information content (AvgIpc) is 2.92. The summed E-state index contributed by atoms with van der Waals surface area (Å²) in [5.41, 5.74) is 1.57. The van der Waals surface area contributed by atoms with Crippen LogP contribution >= 0.6 is 7.26 Å². The van der Waals surface area contributed by atoms with Crippen LogP contribution in [0.5, 0.6) is 11.5 Å². The third kappa shape index (κ3) is 4.28. The Morgan fingerprint density at radius 2 is 0.882 bits per heavy atom. The van der Waals surface area contributed by atoms with E-state index >= 15 is 0 Å². The first-order chi connectivity index (χ1) is 16.8. The quantitative estimate of drug-likeness (QED) is 0.232. The predicted molar refractivity (Wildman–Crippen MR) is 148 cm³/mol. The second-order valence-electron chi connectivity index (χ2n) is 8.62. The molecule has 1 atom stereocenters. The molecule has 5 aromatic rings. The fraction of sp³-hybridized carbons (Fsp3) is 0.0625. The zero-order chi connectivity index (χ0) is 23.2. The van der Waals surface area contributed by atoms with Gasteiger partial charge in [0.25, 0.3) is 0 Å². The SMILES string of the molecule is CC(c1cccc(Oc2ccccc2)c1)[PH](c1ccccc1)(c1ccccc1)c1ccccc1. The standard InChI is InChI=1S/C32H29OP/c1-26(27-15-14-18-29(25-27)33-28-16-6-2-7-17-28)34(30-19-8-3-9-20-30,31-21-10-4-11-22-31)32-23-12-5-13-24-32/h2-26,34H,1H3. The van der Waals surface area contributed by atoms with E-state index < -0.39 is 7.26 Å². The van der Waals surface area contributed by atoms with Crippen molar-refractivity contribution < 1.29 is 4.74 Å². The maximum absolute atomic E-state index is 6.21. The van der Waals surface area contributed by atoms with Crippen LogP contribution in [0.1, 0.15) is 18.1 Å². The number of hydrogen-bond acceptors (Lipinski definition) is 1. The summed E-state index contributed by atoms with van der Waals surface area (Å²) < 4.78 is 6.21. The molecule has 0 heterocycles. The summed E-state index contributed by atoms with van der Waals surface area (Å²) in [6.45, 7) is 2.39. The first-order valence-corrected chi connectivity index (χ1v) is 13.9. The Labute approximate surface area is 203 Å². The molecule has 0 saturated carbocycles. The van der Waals surface area contributed by atoms with Crippen LogP contribution in [0.15, 0.2) is 146 Å². The first kappa shape index (κ1) is 22.1. The Kier molecular flexibility index (Phi) is 6.56. The third-order valence-corrected chi connectivity index (χ3v) is 12.0. The summed E-state index contributed by atoms with van der Waals surface area (Å²) in [6, 6.07) is 51.8. The van der Waals surface area contributed by atoms with Crippen LogP contribution < -0.4 is 20.7 Å². The maximum atomic E-state index is 6.21. The van der Waals surface area contributed by atoms with Gasteiger partial charge in [0.2, 0.25) is 0 Å². The number of para-hydroxylation sites is 1. The Morgan fingerprint density at radius 1 is 0.471 bits per heavy atom. The second kappa shape index (κ2) is 10.1. The summed E-state index contributed by atoms with van der Waals surface area (Å²) in [7, 11) is -2.44. The molecular weight excluding hydrogens is 431 g/mol. The molecule has 0 aliphatic rings. The van der Waals surface area contributed by atoms with Crippen LogP contribution in [0.3, 0.4) is 0 Å². The second-order valence-corrected chi connectivity index (χ2v) is 12.8. The van der Waals surface area contributed by atoms with Gasteiger partial charge in [0.1, 0.15) is 0 Å². The predicted octanol–water partition coefficient (Wildman–Crippen LogP) is 7.27. The molecule has 1 nitrogen and oxygen atoms in total. The van der Waals surface area contributed by atoms with E-state index in [1.807, 2.05) is 36.4 Å². The van der Waals surface area contributed by atoms with Gasteiger partial charge in [-0.05, 0) is 0 Å². The summed E-state index contributed by atoms with van der Waals surface area (Å²) in [5, 5.41) is 4.23.